The third kappa shape index (κ3) is 4.17. The van der Waals surface area contributed by atoms with E-state index in [1.807, 2.05) is 0 Å². The van der Waals surface area contributed by atoms with Gasteiger partial charge in [-0.1, -0.05) is 18.2 Å². The Morgan fingerprint density at radius 1 is 1.37 bits per heavy atom. The van der Waals surface area contributed by atoms with E-state index in [-0.39, 0.29) is 11.7 Å². The van der Waals surface area contributed by atoms with Crippen LogP contribution in [0.2, 0.25) is 0 Å². The van der Waals surface area contributed by atoms with Gasteiger partial charge in [0.05, 0.1) is 6.54 Å². The molecule has 0 aliphatic heterocycles. The molecule has 1 aromatic carbocycles. The summed E-state index contributed by atoms with van der Waals surface area (Å²) in [4.78, 5) is 15.3. The predicted octanol–water partition coefficient (Wildman–Crippen LogP) is 1.17. The zero-order chi connectivity index (χ0) is 13.5. The monoisotopic (exact) mass is 262 g/mol. The Balaban J connectivity index is 1.68. The molecule has 0 fully saturated rings. The van der Waals surface area contributed by atoms with Gasteiger partial charge in [0.2, 0.25) is 5.91 Å². The van der Waals surface area contributed by atoms with Crippen molar-refractivity contribution >= 4 is 5.91 Å². The van der Waals surface area contributed by atoms with Crippen molar-refractivity contribution in [2.75, 3.05) is 6.54 Å². The summed E-state index contributed by atoms with van der Waals surface area (Å²) in [6.45, 7) is 0.919. The van der Waals surface area contributed by atoms with Crippen LogP contribution in [0.4, 0.5) is 4.39 Å². The van der Waals surface area contributed by atoms with Gasteiger partial charge in [0, 0.05) is 13.0 Å². The Bertz CT molecular complexity index is 527. The second-order valence-electron chi connectivity index (χ2n) is 4.10. The molecule has 5 nitrogen and oxygen atoms in total. The van der Waals surface area contributed by atoms with Crippen LogP contribution in [0.1, 0.15) is 12.0 Å². The molecule has 1 amide bonds. The van der Waals surface area contributed by atoms with Crippen LogP contribution in [0.3, 0.4) is 0 Å². The normalized spacial score (nSPS) is 10.4. The fourth-order valence-corrected chi connectivity index (χ4v) is 1.69. The number of halogens is 1. The number of benzene rings is 1. The lowest BCUT2D eigenvalue weighted by atomic mass is 10.1. The first-order valence-corrected chi connectivity index (χ1v) is 6.08. The number of nitrogens with one attached hydrogen (secondary N) is 1. The maximum Gasteiger partial charge on any atom is 0.221 e. The highest BCUT2D eigenvalue weighted by molar-refractivity contribution is 5.75. The summed E-state index contributed by atoms with van der Waals surface area (Å²) in [5, 5.41) is 6.66. The van der Waals surface area contributed by atoms with Gasteiger partial charge in [0.15, 0.2) is 0 Å². The number of nitrogens with zero attached hydrogens (tertiary/aromatic N) is 3. The maximum absolute atomic E-state index is 13.3. The van der Waals surface area contributed by atoms with Gasteiger partial charge in [0.1, 0.15) is 18.5 Å². The fourth-order valence-electron chi connectivity index (χ4n) is 1.69. The molecular formula is C13H15FN4O. The van der Waals surface area contributed by atoms with Crippen LogP contribution in [0.15, 0.2) is 36.9 Å². The largest absolute Gasteiger partial charge is 0.356 e. The third-order valence-electron chi connectivity index (χ3n) is 2.71. The number of carbonyl (C=O) groups is 1. The van der Waals surface area contributed by atoms with Crippen molar-refractivity contribution in [1.29, 1.82) is 0 Å². The number of carbonyl (C=O) groups excluding carboxylic acids is 1. The minimum absolute atomic E-state index is 0.0770. The summed E-state index contributed by atoms with van der Waals surface area (Å²) in [7, 11) is 0. The number of aryl methyl sites for hydroxylation is 1. The van der Waals surface area contributed by atoms with Gasteiger partial charge in [-0.05, 0) is 18.1 Å². The van der Waals surface area contributed by atoms with Crippen molar-refractivity contribution in [3.63, 3.8) is 0 Å². The van der Waals surface area contributed by atoms with Crippen molar-refractivity contribution in [3.05, 3.63) is 48.3 Å². The van der Waals surface area contributed by atoms with E-state index >= 15 is 0 Å². The zero-order valence-electron chi connectivity index (χ0n) is 10.4. The van der Waals surface area contributed by atoms with Crippen LogP contribution < -0.4 is 5.32 Å². The highest BCUT2D eigenvalue weighted by Crippen LogP contribution is 2.06. The predicted molar refractivity (Wildman–Crippen MR) is 67.8 cm³/mol. The SMILES string of the molecule is O=C(CCn1cncn1)NCCc1ccccc1F. The molecule has 0 radical (unpaired) electrons. The van der Waals surface area contributed by atoms with Gasteiger partial charge < -0.3 is 5.32 Å². The molecular weight excluding hydrogens is 247 g/mol. The number of hydrogen-bond donors (Lipinski definition) is 1. The molecule has 19 heavy (non-hydrogen) atoms. The molecule has 0 aliphatic rings. The molecule has 0 saturated carbocycles. The molecule has 0 saturated heterocycles. The van der Waals surface area contributed by atoms with Gasteiger partial charge in [-0.25, -0.2) is 9.37 Å². The summed E-state index contributed by atoms with van der Waals surface area (Å²) in [6, 6.07) is 6.57. The molecule has 0 atom stereocenters. The summed E-state index contributed by atoms with van der Waals surface area (Å²) in [5.74, 6) is -0.314. The second kappa shape index (κ2) is 6.63. The van der Waals surface area contributed by atoms with Crippen LogP contribution in [-0.2, 0) is 17.8 Å². The molecule has 0 bridgehead atoms. The minimum atomic E-state index is -0.237. The molecule has 0 spiro atoms. The zero-order valence-corrected chi connectivity index (χ0v) is 10.4. The van der Waals surface area contributed by atoms with E-state index in [0.29, 0.717) is 31.5 Å². The number of hydrogen-bond acceptors (Lipinski definition) is 3. The van der Waals surface area contributed by atoms with Crippen LogP contribution in [0, 0.1) is 5.82 Å². The van der Waals surface area contributed by atoms with Gasteiger partial charge >= 0.3 is 0 Å². The molecule has 6 heteroatoms. The molecule has 100 valence electrons. The molecule has 0 unspecified atom stereocenters. The van der Waals surface area contributed by atoms with Crippen LogP contribution in [0.5, 0.6) is 0 Å². The van der Waals surface area contributed by atoms with E-state index in [2.05, 4.69) is 15.4 Å². The summed E-state index contributed by atoms with van der Waals surface area (Å²) < 4.78 is 14.9. The summed E-state index contributed by atoms with van der Waals surface area (Å²) in [5.41, 5.74) is 0.610. The van der Waals surface area contributed by atoms with E-state index < -0.39 is 0 Å². The Labute approximate surface area is 110 Å². The summed E-state index contributed by atoms with van der Waals surface area (Å²) >= 11 is 0. The first-order chi connectivity index (χ1) is 9.25. The first kappa shape index (κ1) is 13.2. The topological polar surface area (TPSA) is 59.8 Å². The number of amides is 1. The highest BCUT2D eigenvalue weighted by atomic mass is 19.1. The van der Waals surface area contributed by atoms with Gasteiger partial charge in [-0.3, -0.25) is 9.48 Å². The van der Waals surface area contributed by atoms with Crippen molar-refractivity contribution in [1.82, 2.24) is 20.1 Å². The van der Waals surface area contributed by atoms with Crippen LogP contribution in [0.25, 0.3) is 0 Å². The fraction of sp³-hybridized carbons (Fsp3) is 0.308. The Morgan fingerprint density at radius 2 is 2.21 bits per heavy atom. The lowest BCUT2D eigenvalue weighted by Crippen LogP contribution is -2.26. The van der Waals surface area contributed by atoms with E-state index in [0.717, 1.165) is 0 Å². The molecule has 1 heterocycles. The van der Waals surface area contributed by atoms with E-state index in [9.17, 15) is 9.18 Å². The average molecular weight is 262 g/mol. The smallest absolute Gasteiger partial charge is 0.221 e. The van der Waals surface area contributed by atoms with Crippen molar-refractivity contribution in [2.45, 2.75) is 19.4 Å². The average Bonchev–Trinajstić information content (AvgIpc) is 2.92. The molecule has 0 aliphatic carbocycles. The van der Waals surface area contributed by atoms with E-state index in [1.165, 1.54) is 12.4 Å². The first-order valence-electron chi connectivity index (χ1n) is 6.08. The Kier molecular flexibility index (Phi) is 4.60. The lowest BCUT2D eigenvalue weighted by molar-refractivity contribution is -0.121. The van der Waals surface area contributed by atoms with Crippen molar-refractivity contribution in [3.8, 4) is 0 Å². The summed E-state index contributed by atoms with van der Waals surface area (Å²) in [6.07, 6.45) is 3.81. The molecule has 2 aromatic rings. The van der Waals surface area contributed by atoms with Gasteiger partial charge in [-0.2, -0.15) is 5.10 Å². The van der Waals surface area contributed by atoms with Gasteiger partial charge in [-0.15, -0.1) is 0 Å². The van der Waals surface area contributed by atoms with Gasteiger partial charge in [0.25, 0.3) is 0 Å². The highest BCUT2D eigenvalue weighted by Gasteiger charge is 2.04. The second-order valence-corrected chi connectivity index (χ2v) is 4.10. The van der Waals surface area contributed by atoms with E-state index in [4.69, 9.17) is 0 Å². The molecule has 1 N–H and O–H groups in total. The van der Waals surface area contributed by atoms with Crippen LogP contribution >= 0.6 is 0 Å². The van der Waals surface area contributed by atoms with Crippen LogP contribution in [-0.4, -0.2) is 27.2 Å². The Hall–Kier alpha value is -2.24. The van der Waals surface area contributed by atoms with Crippen molar-refractivity contribution in [2.24, 2.45) is 0 Å². The maximum atomic E-state index is 13.3. The minimum Gasteiger partial charge on any atom is -0.356 e. The number of rotatable bonds is 6. The third-order valence-corrected chi connectivity index (χ3v) is 2.71. The van der Waals surface area contributed by atoms with Crippen molar-refractivity contribution < 1.29 is 9.18 Å². The molecule has 2 rings (SSSR count). The number of aromatic nitrogens is 3. The standard InChI is InChI=1S/C13H15FN4O/c14-12-4-2-1-3-11(12)5-7-16-13(19)6-8-18-10-15-9-17-18/h1-4,9-10H,5-8H2,(H,16,19). The Morgan fingerprint density at radius 3 is 2.95 bits per heavy atom. The van der Waals surface area contributed by atoms with E-state index in [1.54, 1.807) is 29.2 Å². The quantitative estimate of drug-likeness (QED) is 0.850. The lowest BCUT2D eigenvalue weighted by Gasteiger charge is -2.06. The molecule has 1 aromatic heterocycles.